The highest BCUT2D eigenvalue weighted by molar-refractivity contribution is 5.55. The van der Waals surface area contributed by atoms with Gasteiger partial charge in [0.2, 0.25) is 0 Å². The molecule has 1 atom stereocenters. The van der Waals surface area contributed by atoms with E-state index in [0.29, 0.717) is 0 Å². The number of nitrogens with zero attached hydrogens (tertiary/aromatic N) is 1. The van der Waals surface area contributed by atoms with Crippen LogP contribution in [0.4, 0.5) is 5.69 Å². The second kappa shape index (κ2) is 6.77. The number of aliphatic hydroxyl groups is 1. The van der Waals surface area contributed by atoms with E-state index in [1.54, 1.807) is 0 Å². The molecule has 0 bridgehead atoms. The summed E-state index contributed by atoms with van der Waals surface area (Å²) in [5.74, 6) is 0. The minimum absolute atomic E-state index is 0.0669. The average molecular weight is 292 g/mol. The van der Waals surface area contributed by atoms with E-state index in [1.807, 2.05) is 0 Å². The third kappa shape index (κ3) is 4.19. The third-order valence-electron chi connectivity index (χ3n) is 3.87. The minimum atomic E-state index is -0.236. The standard InChI is InChI=1S/C17H28N2O2/c1-5-18-9-14-6-7-16(13(2)8-14)19-10-15(11-20)21-17(3,4)12-19/h6-8,15,18,20H,5,9-12H2,1-4H3. The van der Waals surface area contributed by atoms with Gasteiger partial charge in [-0.1, -0.05) is 19.1 Å². The summed E-state index contributed by atoms with van der Waals surface area (Å²) in [6.45, 7) is 12.0. The van der Waals surface area contributed by atoms with Gasteiger partial charge in [-0.15, -0.1) is 0 Å². The molecule has 4 nitrogen and oxygen atoms in total. The summed E-state index contributed by atoms with van der Waals surface area (Å²) < 4.78 is 5.89. The summed E-state index contributed by atoms with van der Waals surface area (Å²) in [5.41, 5.74) is 3.59. The molecule has 1 unspecified atom stereocenters. The Bertz CT molecular complexity index is 474. The molecule has 2 rings (SSSR count). The maximum absolute atomic E-state index is 9.44. The van der Waals surface area contributed by atoms with E-state index in [4.69, 9.17) is 4.74 Å². The molecule has 4 heteroatoms. The third-order valence-corrected chi connectivity index (χ3v) is 3.87. The molecule has 0 saturated carbocycles. The normalized spacial score (nSPS) is 21.6. The summed E-state index contributed by atoms with van der Waals surface area (Å²) in [4.78, 5) is 2.33. The molecule has 1 aromatic rings. The van der Waals surface area contributed by atoms with Gasteiger partial charge in [0.15, 0.2) is 0 Å². The van der Waals surface area contributed by atoms with Crippen LogP contribution in [-0.4, -0.2) is 43.1 Å². The minimum Gasteiger partial charge on any atom is -0.394 e. The summed E-state index contributed by atoms with van der Waals surface area (Å²) >= 11 is 0. The van der Waals surface area contributed by atoms with Gasteiger partial charge in [-0.05, 0) is 44.5 Å². The molecule has 1 heterocycles. The molecule has 1 aromatic carbocycles. The van der Waals surface area contributed by atoms with Gasteiger partial charge in [-0.25, -0.2) is 0 Å². The summed E-state index contributed by atoms with van der Waals surface area (Å²) in [6, 6.07) is 6.62. The molecule has 1 aliphatic heterocycles. The van der Waals surface area contributed by atoms with Crippen molar-refractivity contribution in [2.75, 3.05) is 31.1 Å². The predicted molar refractivity (Wildman–Crippen MR) is 86.8 cm³/mol. The smallest absolute Gasteiger partial charge is 0.0988 e. The van der Waals surface area contributed by atoms with E-state index in [0.717, 1.165) is 26.2 Å². The number of benzene rings is 1. The van der Waals surface area contributed by atoms with E-state index < -0.39 is 0 Å². The second-order valence-corrected chi connectivity index (χ2v) is 6.46. The number of aliphatic hydroxyl groups excluding tert-OH is 1. The van der Waals surface area contributed by atoms with Crippen molar-refractivity contribution in [2.45, 2.75) is 45.9 Å². The molecule has 1 saturated heterocycles. The maximum atomic E-state index is 9.44. The van der Waals surface area contributed by atoms with Gasteiger partial charge in [-0.2, -0.15) is 0 Å². The van der Waals surface area contributed by atoms with E-state index >= 15 is 0 Å². The molecular formula is C17H28N2O2. The topological polar surface area (TPSA) is 44.7 Å². The Balaban J connectivity index is 2.16. The van der Waals surface area contributed by atoms with Crippen LogP contribution in [0.2, 0.25) is 0 Å². The fraction of sp³-hybridized carbons (Fsp3) is 0.647. The molecule has 0 aromatic heterocycles. The first kappa shape index (κ1) is 16.3. The van der Waals surface area contributed by atoms with Crippen LogP contribution in [0.5, 0.6) is 0 Å². The maximum Gasteiger partial charge on any atom is 0.0988 e. The Hall–Kier alpha value is -1.10. The number of rotatable bonds is 5. The molecule has 0 radical (unpaired) electrons. The van der Waals surface area contributed by atoms with Crippen molar-refractivity contribution >= 4 is 5.69 Å². The van der Waals surface area contributed by atoms with Gasteiger partial charge < -0.3 is 20.1 Å². The van der Waals surface area contributed by atoms with Crippen molar-refractivity contribution in [1.82, 2.24) is 5.32 Å². The van der Waals surface area contributed by atoms with Crippen LogP contribution in [0.25, 0.3) is 0 Å². The number of hydrogen-bond acceptors (Lipinski definition) is 4. The first-order chi connectivity index (χ1) is 9.95. The molecular weight excluding hydrogens is 264 g/mol. The molecule has 0 spiro atoms. The Kier molecular flexibility index (Phi) is 5.25. The highest BCUT2D eigenvalue weighted by atomic mass is 16.5. The van der Waals surface area contributed by atoms with Gasteiger partial charge >= 0.3 is 0 Å². The van der Waals surface area contributed by atoms with Crippen LogP contribution < -0.4 is 10.2 Å². The van der Waals surface area contributed by atoms with E-state index in [9.17, 15) is 5.11 Å². The molecule has 2 N–H and O–H groups in total. The van der Waals surface area contributed by atoms with E-state index in [1.165, 1.54) is 16.8 Å². The van der Waals surface area contributed by atoms with Gasteiger partial charge in [0.1, 0.15) is 0 Å². The number of nitrogens with one attached hydrogen (secondary N) is 1. The Labute approximate surface area is 128 Å². The molecule has 118 valence electrons. The number of hydrogen-bond donors (Lipinski definition) is 2. The van der Waals surface area contributed by atoms with Crippen LogP contribution >= 0.6 is 0 Å². The second-order valence-electron chi connectivity index (χ2n) is 6.46. The fourth-order valence-corrected chi connectivity index (χ4v) is 3.03. The van der Waals surface area contributed by atoms with Gasteiger partial charge in [-0.3, -0.25) is 0 Å². The van der Waals surface area contributed by atoms with Crippen LogP contribution in [0.15, 0.2) is 18.2 Å². The number of aryl methyl sites for hydroxylation is 1. The zero-order valence-electron chi connectivity index (χ0n) is 13.6. The zero-order valence-corrected chi connectivity index (χ0v) is 13.6. The highest BCUT2D eigenvalue weighted by Crippen LogP contribution is 2.28. The zero-order chi connectivity index (χ0) is 15.5. The number of anilines is 1. The summed E-state index contributed by atoms with van der Waals surface area (Å²) in [7, 11) is 0. The predicted octanol–water partition coefficient (Wildman–Crippen LogP) is 2.08. The average Bonchev–Trinajstić information content (AvgIpc) is 2.43. The van der Waals surface area contributed by atoms with Crippen molar-refractivity contribution in [1.29, 1.82) is 0 Å². The van der Waals surface area contributed by atoms with Gasteiger partial charge in [0.25, 0.3) is 0 Å². The lowest BCUT2D eigenvalue weighted by Crippen LogP contribution is -2.54. The Morgan fingerprint density at radius 3 is 2.81 bits per heavy atom. The van der Waals surface area contributed by atoms with Crippen molar-refractivity contribution in [3.63, 3.8) is 0 Å². The summed E-state index contributed by atoms with van der Waals surface area (Å²) in [5, 5.41) is 12.8. The van der Waals surface area contributed by atoms with Crippen LogP contribution in [0, 0.1) is 6.92 Å². The van der Waals surface area contributed by atoms with Crippen molar-refractivity contribution in [2.24, 2.45) is 0 Å². The SMILES string of the molecule is CCNCc1ccc(N2CC(CO)OC(C)(C)C2)c(C)c1. The largest absolute Gasteiger partial charge is 0.394 e. The van der Waals surface area contributed by atoms with Crippen molar-refractivity contribution < 1.29 is 9.84 Å². The van der Waals surface area contributed by atoms with Gasteiger partial charge in [0.05, 0.1) is 18.3 Å². The first-order valence-corrected chi connectivity index (χ1v) is 7.79. The van der Waals surface area contributed by atoms with Gasteiger partial charge in [0, 0.05) is 25.3 Å². The van der Waals surface area contributed by atoms with Crippen molar-refractivity contribution in [3.05, 3.63) is 29.3 Å². The Morgan fingerprint density at radius 1 is 1.43 bits per heavy atom. The number of ether oxygens (including phenoxy) is 1. The molecule has 0 amide bonds. The first-order valence-electron chi connectivity index (χ1n) is 7.79. The van der Waals surface area contributed by atoms with Crippen LogP contribution in [0.1, 0.15) is 31.9 Å². The quantitative estimate of drug-likeness (QED) is 0.872. The molecule has 1 aliphatic rings. The van der Waals surface area contributed by atoms with Crippen molar-refractivity contribution in [3.8, 4) is 0 Å². The molecule has 1 fully saturated rings. The Morgan fingerprint density at radius 2 is 2.19 bits per heavy atom. The fourth-order valence-electron chi connectivity index (χ4n) is 3.03. The van der Waals surface area contributed by atoms with Crippen LogP contribution in [0.3, 0.4) is 0 Å². The van der Waals surface area contributed by atoms with E-state index in [2.05, 4.69) is 56.1 Å². The lowest BCUT2D eigenvalue weighted by molar-refractivity contribution is -0.101. The van der Waals surface area contributed by atoms with E-state index in [-0.39, 0.29) is 18.3 Å². The molecule has 0 aliphatic carbocycles. The lowest BCUT2D eigenvalue weighted by Gasteiger charge is -2.44. The molecule has 21 heavy (non-hydrogen) atoms. The number of morpholine rings is 1. The van der Waals surface area contributed by atoms with Crippen LogP contribution in [-0.2, 0) is 11.3 Å². The monoisotopic (exact) mass is 292 g/mol. The highest BCUT2D eigenvalue weighted by Gasteiger charge is 2.33. The lowest BCUT2D eigenvalue weighted by atomic mass is 10.0. The summed E-state index contributed by atoms with van der Waals surface area (Å²) in [6.07, 6.45) is -0.116.